The summed E-state index contributed by atoms with van der Waals surface area (Å²) in [5.74, 6) is 0. The molecule has 0 radical (unpaired) electrons. The van der Waals surface area contributed by atoms with Gasteiger partial charge in [-0.05, 0) is 37.6 Å². The van der Waals surface area contributed by atoms with Gasteiger partial charge >= 0.3 is 0 Å². The molecule has 0 heterocycles. The zero-order valence-electron chi connectivity index (χ0n) is 11.8. The molecule has 0 bridgehead atoms. The maximum Gasteiger partial charge on any atom is 0.261 e. The minimum Gasteiger partial charge on any atom is -0.389 e. The lowest BCUT2D eigenvalue weighted by Gasteiger charge is -2.12. The van der Waals surface area contributed by atoms with E-state index in [-0.39, 0.29) is 9.88 Å². The summed E-state index contributed by atoms with van der Waals surface area (Å²) < 4.78 is 27.3. The van der Waals surface area contributed by atoms with Crippen LogP contribution in [0.3, 0.4) is 0 Å². The molecule has 0 atom stereocenters. The van der Waals surface area contributed by atoms with Gasteiger partial charge in [0.2, 0.25) is 0 Å². The predicted molar refractivity (Wildman–Crippen MR) is 89.1 cm³/mol. The van der Waals surface area contributed by atoms with E-state index in [0.29, 0.717) is 11.3 Å². The summed E-state index contributed by atoms with van der Waals surface area (Å²) in [5.41, 5.74) is 8.47. The Bertz CT molecular complexity index is 782. The topological polar surface area (TPSA) is 72.2 Å². The molecule has 3 N–H and O–H groups in total. The first-order valence-electron chi connectivity index (χ1n) is 6.29. The number of thiocarbonyl (C=S) groups is 1. The van der Waals surface area contributed by atoms with Crippen LogP contribution in [0.25, 0.3) is 0 Å². The van der Waals surface area contributed by atoms with Gasteiger partial charge in [-0.25, -0.2) is 8.42 Å². The molecule has 0 saturated carbocycles. The molecule has 0 aliphatic carbocycles. The third-order valence-corrected chi connectivity index (χ3v) is 4.71. The molecule has 0 aromatic heterocycles. The molecule has 6 heteroatoms. The number of anilines is 1. The van der Waals surface area contributed by atoms with Crippen LogP contribution in [0.15, 0.2) is 47.4 Å². The summed E-state index contributed by atoms with van der Waals surface area (Å²) in [5, 5.41) is 0. The first-order chi connectivity index (χ1) is 9.79. The van der Waals surface area contributed by atoms with Crippen molar-refractivity contribution in [2.75, 3.05) is 4.72 Å². The Hall–Kier alpha value is -1.92. The van der Waals surface area contributed by atoms with E-state index < -0.39 is 10.0 Å². The van der Waals surface area contributed by atoms with Crippen LogP contribution < -0.4 is 10.5 Å². The fourth-order valence-corrected chi connectivity index (χ4v) is 3.05. The summed E-state index contributed by atoms with van der Waals surface area (Å²) >= 11 is 4.91. The van der Waals surface area contributed by atoms with E-state index in [1.54, 1.807) is 42.5 Å². The minimum absolute atomic E-state index is 0.216. The van der Waals surface area contributed by atoms with Crippen LogP contribution in [-0.4, -0.2) is 13.4 Å². The molecule has 2 aromatic rings. The Morgan fingerprint density at radius 3 is 2.29 bits per heavy atom. The molecule has 0 spiro atoms. The van der Waals surface area contributed by atoms with E-state index in [4.69, 9.17) is 18.0 Å². The van der Waals surface area contributed by atoms with Gasteiger partial charge < -0.3 is 5.73 Å². The minimum atomic E-state index is -3.63. The van der Waals surface area contributed by atoms with Crippen LogP contribution in [0.4, 0.5) is 5.69 Å². The largest absolute Gasteiger partial charge is 0.389 e. The van der Waals surface area contributed by atoms with E-state index in [2.05, 4.69) is 4.72 Å². The lowest BCUT2D eigenvalue weighted by Crippen LogP contribution is -2.15. The number of hydrogen-bond donors (Lipinski definition) is 2. The van der Waals surface area contributed by atoms with Gasteiger partial charge in [0.15, 0.2) is 0 Å². The molecule has 0 amide bonds. The summed E-state index contributed by atoms with van der Waals surface area (Å²) in [4.78, 5) is 0.444. The first-order valence-corrected chi connectivity index (χ1v) is 8.19. The van der Waals surface area contributed by atoms with Crippen LogP contribution in [0, 0.1) is 13.8 Å². The number of benzene rings is 2. The van der Waals surface area contributed by atoms with Crippen LogP contribution in [0.2, 0.25) is 0 Å². The smallest absolute Gasteiger partial charge is 0.261 e. The number of nitrogens with one attached hydrogen (secondary N) is 1. The average Bonchev–Trinajstić information content (AvgIpc) is 2.41. The van der Waals surface area contributed by atoms with E-state index in [1.165, 1.54) is 0 Å². The fourth-order valence-electron chi connectivity index (χ4n) is 1.81. The Kier molecular flexibility index (Phi) is 4.29. The van der Waals surface area contributed by atoms with Crippen molar-refractivity contribution in [2.24, 2.45) is 5.73 Å². The van der Waals surface area contributed by atoms with Gasteiger partial charge in [0.1, 0.15) is 4.99 Å². The Morgan fingerprint density at radius 1 is 1.10 bits per heavy atom. The predicted octanol–water partition coefficient (Wildman–Crippen LogP) is 2.74. The molecular formula is C15H16N2O2S2. The standard InChI is InChI=1S/C15H16N2O2S2/c1-10-3-7-13(8-4-10)21(18,19)17-14-9-12(15(16)20)6-5-11(14)2/h3-9,17H,1-2H3,(H2,16,20). The molecule has 0 saturated heterocycles. The molecule has 0 unspecified atom stereocenters. The summed E-state index contributed by atoms with van der Waals surface area (Å²) in [6, 6.07) is 11.8. The van der Waals surface area contributed by atoms with Crippen molar-refractivity contribution in [3.8, 4) is 0 Å². The highest BCUT2D eigenvalue weighted by molar-refractivity contribution is 7.92. The van der Waals surface area contributed by atoms with E-state index in [0.717, 1.165) is 11.1 Å². The second-order valence-electron chi connectivity index (χ2n) is 4.81. The zero-order valence-corrected chi connectivity index (χ0v) is 13.4. The van der Waals surface area contributed by atoms with E-state index in [9.17, 15) is 8.42 Å². The van der Waals surface area contributed by atoms with Crippen molar-refractivity contribution < 1.29 is 8.42 Å². The number of aryl methyl sites for hydroxylation is 2. The molecule has 21 heavy (non-hydrogen) atoms. The van der Waals surface area contributed by atoms with Crippen LogP contribution >= 0.6 is 12.2 Å². The lowest BCUT2D eigenvalue weighted by atomic mass is 10.1. The normalized spacial score (nSPS) is 11.1. The Balaban J connectivity index is 2.38. The van der Waals surface area contributed by atoms with Crippen molar-refractivity contribution in [1.82, 2.24) is 0 Å². The Morgan fingerprint density at radius 2 is 1.71 bits per heavy atom. The summed E-state index contributed by atoms with van der Waals surface area (Å²) in [7, 11) is -3.63. The first kappa shape index (κ1) is 15.5. The van der Waals surface area contributed by atoms with Gasteiger partial charge in [-0.15, -0.1) is 0 Å². The highest BCUT2D eigenvalue weighted by Crippen LogP contribution is 2.21. The SMILES string of the molecule is Cc1ccc(S(=O)(=O)Nc2cc(C(N)=S)ccc2C)cc1. The maximum absolute atomic E-state index is 12.4. The van der Waals surface area contributed by atoms with Gasteiger partial charge in [0, 0.05) is 5.56 Å². The van der Waals surface area contributed by atoms with Gasteiger partial charge in [0.05, 0.1) is 10.6 Å². The molecule has 110 valence electrons. The van der Waals surface area contributed by atoms with Crippen molar-refractivity contribution in [3.05, 3.63) is 59.2 Å². The quantitative estimate of drug-likeness (QED) is 0.850. The number of hydrogen-bond acceptors (Lipinski definition) is 3. The van der Waals surface area contributed by atoms with Crippen molar-refractivity contribution in [1.29, 1.82) is 0 Å². The summed E-state index contributed by atoms with van der Waals surface area (Å²) in [6.45, 7) is 3.72. The molecule has 0 aliphatic rings. The third-order valence-electron chi connectivity index (χ3n) is 3.10. The highest BCUT2D eigenvalue weighted by Gasteiger charge is 2.15. The van der Waals surface area contributed by atoms with Gasteiger partial charge in [0.25, 0.3) is 10.0 Å². The lowest BCUT2D eigenvalue weighted by molar-refractivity contribution is 0.601. The zero-order chi connectivity index (χ0) is 15.6. The molecule has 2 aromatic carbocycles. The van der Waals surface area contributed by atoms with Crippen LogP contribution in [-0.2, 0) is 10.0 Å². The van der Waals surface area contributed by atoms with Crippen molar-refractivity contribution in [3.63, 3.8) is 0 Å². The molecule has 2 rings (SSSR count). The third kappa shape index (κ3) is 3.59. The van der Waals surface area contributed by atoms with Crippen LogP contribution in [0.5, 0.6) is 0 Å². The fraction of sp³-hybridized carbons (Fsp3) is 0.133. The van der Waals surface area contributed by atoms with Crippen molar-refractivity contribution >= 4 is 32.9 Å². The number of rotatable bonds is 4. The van der Waals surface area contributed by atoms with E-state index >= 15 is 0 Å². The number of sulfonamides is 1. The van der Waals surface area contributed by atoms with Gasteiger partial charge in [-0.2, -0.15) is 0 Å². The average molecular weight is 320 g/mol. The molecular weight excluding hydrogens is 304 g/mol. The number of nitrogens with two attached hydrogens (primary N) is 1. The highest BCUT2D eigenvalue weighted by atomic mass is 32.2. The van der Waals surface area contributed by atoms with Crippen LogP contribution in [0.1, 0.15) is 16.7 Å². The second kappa shape index (κ2) is 5.83. The molecule has 0 aliphatic heterocycles. The summed E-state index contributed by atoms with van der Waals surface area (Å²) in [6.07, 6.45) is 0. The monoisotopic (exact) mass is 320 g/mol. The second-order valence-corrected chi connectivity index (χ2v) is 6.93. The van der Waals surface area contributed by atoms with Gasteiger partial charge in [-0.1, -0.05) is 42.0 Å². The van der Waals surface area contributed by atoms with Crippen molar-refractivity contribution in [2.45, 2.75) is 18.7 Å². The molecule has 4 nitrogen and oxygen atoms in total. The van der Waals surface area contributed by atoms with E-state index in [1.807, 2.05) is 13.8 Å². The van der Waals surface area contributed by atoms with Gasteiger partial charge in [-0.3, -0.25) is 4.72 Å². The maximum atomic E-state index is 12.4. The molecule has 0 fully saturated rings. The Labute approximate surface area is 130 Å².